The Labute approximate surface area is 99.9 Å². The first-order valence-corrected chi connectivity index (χ1v) is 6.14. The van der Waals surface area contributed by atoms with E-state index < -0.39 is 0 Å². The molecule has 1 aromatic carbocycles. The number of benzene rings is 1. The molecule has 0 aliphatic carbocycles. The molecule has 0 aliphatic heterocycles. The van der Waals surface area contributed by atoms with E-state index in [0.717, 1.165) is 23.1 Å². The molecule has 1 unspecified atom stereocenters. The summed E-state index contributed by atoms with van der Waals surface area (Å²) in [6.45, 7) is 4.77. The van der Waals surface area contributed by atoms with Gasteiger partial charge < -0.3 is 10.5 Å². The highest BCUT2D eigenvalue weighted by Crippen LogP contribution is 2.29. The van der Waals surface area contributed by atoms with Gasteiger partial charge in [0.2, 0.25) is 0 Å². The second kappa shape index (κ2) is 6.13. The molecule has 0 saturated heterocycles. The van der Waals surface area contributed by atoms with Gasteiger partial charge in [-0.2, -0.15) is 0 Å². The van der Waals surface area contributed by atoms with Gasteiger partial charge in [0, 0.05) is 6.04 Å². The minimum absolute atomic E-state index is 0.207. The van der Waals surface area contributed by atoms with E-state index in [4.69, 9.17) is 10.5 Å². The highest BCUT2D eigenvalue weighted by Gasteiger charge is 2.10. The monoisotopic (exact) mass is 271 g/mol. The molecule has 0 heterocycles. The van der Waals surface area contributed by atoms with Crippen LogP contribution in [0.4, 0.5) is 0 Å². The zero-order valence-electron chi connectivity index (χ0n) is 9.29. The lowest BCUT2D eigenvalue weighted by molar-refractivity contribution is 0.333. The third-order valence-corrected chi connectivity index (χ3v) is 2.97. The van der Waals surface area contributed by atoms with E-state index in [1.54, 1.807) is 0 Å². The number of hydrogen-bond acceptors (Lipinski definition) is 2. The summed E-state index contributed by atoms with van der Waals surface area (Å²) >= 11 is 3.49. The molecule has 0 bridgehead atoms. The van der Waals surface area contributed by atoms with Gasteiger partial charge in [-0.3, -0.25) is 0 Å². The standard InChI is InChI=1S/C12H18BrNO/c1-3-10(14)8-9-6-5-7-11(13)12(9)15-4-2/h5-7,10H,3-4,8,14H2,1-2H3. The summed E-state index contributed by atoms with van der Waals surface area (Å²) in [6.07, 6.45) is 1.85. The van der Waals surface area contributed by atoms with Crippen molar-refractivity contribution in [3.8, 4) is 5.75 Å². The molecule has 1 rings (SSSR count). The van der Waals surface area contributed by atoms with E-state index in [2.05, 4.69) is 28.9 Å². The number of halogens is 1. The minimum atomic E-state index is 0.207. The third kappa shape index (κ3) is 3.50. The quantitative estimate of drug-likeness (QED) is 0.893. The predicted octanol–water partition coefficient (Wildman–Crippen LogP) is 3.13. The molecular weight excluding hydrogens is 254 g/mol. The fraction of sp³-hybridized carbons (Fsp3) is 0.500. The molecule has 15 heavy (non-hydrogen) atoms. The molecule has 2 N–H and O–H groups in total. The number of hydrogen-bond donors (Lipinski definition) is 1. The summed E-state index contributed by atoms with van der Waals surface area (Å²) in [5.41, 5.74) is 7.13. The summed E-state index contributed by atoms with van der Waals surface area (Å²) in [5.74, 6) is 0.934. The van der Waals surface area contributed by atoms with Crippen molar-refractivity contribution in [2.45, 2.75) is 32.7 Å². The normalized spacial score (nSPS) is 12.5. The van der Waals surface area contributed by atoms with Crippen LogP contribution in [0.25, 0.3) is 0 Å². The highest BCUT2D eigenvalue weighted by atomic mass is 79.9. The molecule has 0 fully saturated rings. The SMILES string of the molecule is CCOc1c(Br)cccc1CC(N)CC. The maximum atomic E-state index is 5.95. The fourth-order valence-corrected chi connectivity index (χ4v) is 1.97. The molecule has 2 nitrogen and oxygen atoms in total. The van der Waals surface area contributed by atoms with E-state index in [1.807, 2.05) is 19.1 Å². The first-order chi connectivity index (χ1) is 7.19. The summed E-state index contributed by atoms with van der Waals surface area (Å²) < 4.78 is 6.62. The van der Waals surface area contributed by atoms with Crippen molar-refractivity contribution in [2.75, 3.05) is 6.61 Å². The molecule has 0 spiro atoms. The second-order valence-electron chi connectivity index (χ2n) is 3.53. The van der Waals surface area contributed by atoms with Crippen molar-refractivity contribution in [1.29, 1.82) is 0 Å². The second-order valence-corrected chi connectivity index (χ2v) is 4.39. The number of nitrogens with two attached hydrogens (primary N) is 1. The van der Waals surface area contributed by atoms with Crippen molar-refractivity contribution in [2.24, 2.45) is 5.73 Å². The lowest BCUT2D eigenvalue weighted by Gasteiger charge is -2.14. The fourth-order valence-electron chi connectivity index (χ4n) is 1.45. The van der Waals surface area contributed by atoms with E-state index in [0.29, 0.717) is 6.61 Å². The van der Waals surface area contributed by atoms with E-state index in [1.165, 1.54) is 5.56 Å². The Balaban J connectivity index is 2.89. The lowest BCUT2D eigenvalue weighted by Crippen LogP contribution is -2.21. The summed E-state index contributed by atoms with van der Waals surface area (Å²) in [6, 6.07) is 6.29. The van der Waals surface area contributed by atoms with Crippen LogP contribution in [0.15, 0.2) is 22.7 Å². The molecule has 0 saturated carbocycles. The van der Waals surface area contributed by atoms with Crippen LogP contribution in [0.2, 0.25) is 0 Å². The molecule has 1 aromatic rings. The smallest absolute Gasteiger partial charge is 0.136 e. The maximum absolute atomic E-state index is 5.95. The Hall–Kier alpha value is -0.540. The van der Waals surface area contributed by atoms with E-state index in [-0.39, 0.29) is 6.04 Å². The first kappa shape index (κ1) is 12.5. The molecule has 84 valence electrons. The van der Waals surface area contributed by atoms with Crippen molar-refractivity contribution >= 4 is 15.9 Å². The molecule has 1 atom stereocenters. The van der Waals surface area contributed by atoms with Gasteiger partial charge in [0.1, 0.15) is 5.75 Å². The van der Waals surface area contributed by atoms with E-state index in [9.17, 15) is 0 Å². The molecule has 3 heteroatoms. The predicted molar refractivity (Wildman–Crippen MR) is 67.3 cm³/mol. The van der Waals surface area contributed by atoms with Crippen LogP contribution < -0.4 is 10.5 Å². The third-order valence-electron chi connectivity index (χ3n) is 2.34. The zero-order chi connectivity index (χ0) is 11.3. The van der Waals surface area contributed by atoms with Gasteiger partial charge in [0.25, 0.3) is 0 Å². The average Bonchev–Trinajstić information content (AvgIpc) is 2.23. The van der Waals surface area contributed by atoms with Crippen molar-refractivity contribution < 1.29 is 4.74 Å². The van der Waals surface area contributed by atoms with Crippen molar-refractivity contribution in [3.63, 3.8) is 0 Å². The lowest BCUT2D eigenvalue weighted by atomic mass is 10.0. The summed E-state index contributed by atoms with van der Waals surface area (Å²) in [4.78, 5) is 0. The molecule has 0 aliphatic rings. The summed E-state index contributed by atoms with van der Waals surface area (Å²) in [7, 11) is 0. The zero-order valence-corrected chi connectivity index (χ0v) is 10.9. The number of rotatable bonds is 5. The van der Waals surface area contributed by atoms with Gasteiger partial charge >= 0.3 is 0 Å². The van der Waals surface area contributed by atoms with Crippen molar-refractivity contribution in [1.82, 2.24) is 0 Å². The molecule has 0 amide bonds. The van der Waals surface area contributed by atoms with Crippen LogP contribution in [-0.2, 0) is 6.42 Å². The van der Waals surface area contributed by atoms with Crippen LogP contribution in [0, 0.1) is 0 Å². The Morgan fingerprint density at radius 1 is 1.40 bits per heavy atom. The Morgan fingerprint density at radius 3 is 2.73 bits per heavy atom. The highest BCUT2D eigenvalue weighted by molar-refractivity contribution is 9.10. The van der Waals surface area contributed by atoms with Crippen LogP contribution >= 0.6 is 15.9 Å². The molecule has 0 radical (unpaired) electrons. The molecule has 0 aromatic heterocycles. The van der Waals surface area contributed by atoms with Crippen LogP contribution in [0.3, 0.4) is 0 Å². The van der Waals surface area contributed by atoms with Gasteiger partial charge in [-0.25, -0.2) is 0 Å². The minimum Gasteiger partial charge on any atom is -0.492 e. The largest absolute Gasteiger partial charge is 0.492 e. The van der Waals surface area contributed by atoms with Crippen LogP contribution in [0.5, 0.6) is 5.75 Å². The van der Waals surface area contributed by atoms with Gasteiger partial charge in [-0.15, -0.1) is 0 Å². The summed E-state index contributed by atoms with van der Waals surface area (Å²) in [5, 5.41) is 0. The van der Waals surface area contributed by atoms with Gasteiger partial charge in [0.15, 0.2) is 0 Å². The van der Waals surface area contributed by atoms with Gasteiger partial charge in [0.05, 0.1) is 11.1 Å². The van der Waals surface area contributed by atoms with Gasteiger partial charge in [-0.1, -0.05) is 19.1 Å². The van der Waals surface area contributed by atoms with Crippen molar-refractivity contribution in [3.05, 3.63) is 28.2 Å². The van der Waals surface area contributed by atoms with Crippen LogP contribution in [-0.4, -0.2) is 12.6 Å². The number of para-hydroxylation sites is 1. The average molecular weight is 272 g/mol. The maximum Gasteiger partial charge on any atom is 0.136 e. The Bertz CT molecular complexity index is 314. The Morgan fingerprint density at radius 2 is 2.13 bits per heavy atom. The topological polar surface area (TPSA) is 35.2 Å². The Kier molecular flexibility index (Phi) is 5.12. The number of ether oxygens (including phenoxy) is 1. The van der Waals surface area contributed by atoms with Crippen LogP contribution in [0.1, 0.15) is 25.8 Å². The van der Waals surface area contributed by atoms with Gasteiger partial charge in [-0.05, 0) is 47.3 Å². The van der Waals surface area contributed by atoms with E-state index >= 15 is 0 Å². The first-order valence-electron chi connectivity index (χ1n) is 5.34. The molecular formula is C12H18BrNO.